The van der Waals surface area contributed by atoms with Crippen molar-refractivity contribution in [3.63, 3.8) is 0 Å². The lowest BCUT2D eigenvalue weighted by molar-refractivity contribution is -0.947. The highest BCUT2D eigenvalue weighted by molar-refractivity contribution is 6.99. The number of aromatic nitrogens is 2. The topological polar surface area (TPSA) is 61.3 Å². The van der Waals surface area contributed by atoms with E-state index >= 15 is 0 Å². The fourth-order valence-corrected chi connectivity index (χ4v) is 4.74. The molecular weight excluding hydrogens is 410 g/mol. The first-order valence-electron chi connectivity index (χ1n) is 12.2. The SMILES string of the molecule is CCCCCCOc1nsnc1C1=CCC[N+](C)(C(CC)OC(=O)CCCCCC)C1. The molecule has 1 aromatic rings. The lowest BCUT2D eigenvalue weighted by Gasteiger charge is -2.42. The predicted molar refractivity (Wildman–Crippen MR) is 127 cm³/mol. The van der Waals surface area contributed by atoms with Crippen LogP contribution < -0.4 is 4.74 Å². The van der Waals surface area contributed by atoms with Gasteiger partial charge in [0.25, 0.3) is 5.88 Å². The molecule has 2 rings (SSSR count). The van der Waals surface area contributed by atoms with Gasteiger partial charge in [-0.3, -0.25) is 9.28 Å². The van der Waals surface area contributed by atoms with E-state index in [0.29, 0.717) is 23.4 Å². The Labute approximate surface area is 192 Å². The van der Waals surface area contributed by atoms with Crippen LogP contribution in [0.15, 0.2) is 6.08 Å². The van der Waals surface area contributed by atoms with Gasteiger partial charge in [-0.1, -0.05) is 65.4 Å². The predicted octanol–water partition coefficient (Wildman–Crippen LogP) is 5.98. The van der Waals surface area contributed by atoms with Gasteiger partial charge in [0.1, 0.15) is 12.2 Å². The van der Waals surface area contributed by atoms with Crippen LogP contribution in [0.5, 0.6) is 5.88 Å². The number of carbonyl (C=O) groups is 1. The minimum absolute atomic E-state index is 0.0650. The number of ether oxygens (including phenoxy) is 2. The summed E-state index contributed by atoms with van der Waals surface area (Å²) >= 11 is 1.21. The molecular formula is C24H42N3O3S+. The molecule has 0 aromatic carbocycles. The van der Waals surface area contributed by atoms with E-state index in [9.17, 15) is 4.79 Å². The Morgan fingerprint density at radius 1 is 1.10 bits per heavy atom. The van der Waals surface area contributed by atoms with Crippen LogP contribution in [-0.2, 0) is 9.53 Å². The van der Waals surface area contributed by atoms with Crippen LogP contribution in [0.4, 0.5) is 0 Å². The highest BCUT2D eigenvalue weighted by Gasteiger charge is 2.38. The quantitative estimate of drug-likeness (QED) is 0.186. The minimum Gasteiger partial charge on any atom is -0.475 e. The Kier molecular flexibility index (Phi) is 11.5. The van der Waals surface area contributed by atoms with E-state index in [4.69, 9.17) is 9.47 Å². The molecule has 176 valence electrons. The molecule has 6 nitrogen and oxygen atoms in total. The van der Waals surface area contributed by atoms with Gasteiger partial charge < -0.3 is 9.47 Å². The molecule has 2 atom stereocenters. The number of likely N-dealkylation sites (N-methyl/N-ethyl adjacent to an activating group) is 1. The van der Waals surface area contributed by atoms with Crippen molar-refractivity contribution in [1.82, 2.24) is 8.75 Å². The second-order valence-corrected chi connectivity index (χ2v) is 9.40. The zero-order chi connectivity index (χ0) is 22.5. The maximum absolute atomic E-state index is 12.4. The van der Waals surface area contributed by atoms with E-state index in [1.54, 1.807) is 0 Å². The molecule has 0 radical (unpaired) electrons. The first-order valence-corrected chi connectivity index (χ1v) is 13.0. The molecule has 1 aliphatic heterocycles. The van der Waals surface area contributed by atoms with Crippen molar-refractivity contribution >= 4 is 23.3 Å². The van der Waals surface area contributed by atoms with Crippen LogP contribution in [-0.4, -0.2) is 52.2 Å². The molecule has 2 unspecified atom stereocenters. The number of nitrogens with zero attached hydrogens (tertiary/aromatic N) is 3. The van der Waals surface area contributed by atoms with Gasteiger partial charge >= 0.3 is 5.97 Å². The van der Waals surface area contributed by atoms with Crippen LogP contribution in [0.3, 0.4) is 0 Å². The van der Waals surface area contributed by atoms with Crippen molar-refractivity contribution in [3.8, 4) is 5.88 Å². The first-order chi connectivity index (χ1) is 15.0. The molecule has 0 fully saturated rings. The summed E-state index contributed by atoms with van der Waals surface area (Å²) in [7, 11) is 2.19. The van der Waals surface area contributed by atoms with Crippen molar-refractivity contribution in [2.45, 2.75) is 97.6 Å². The maximum Gasteiger partial charge on any atom is 0.310 e. The number of quaternary nitrogens is 1. The molecule has 0 aliphatic carbocycles. The Balaban J connectivity index is 1.95. The third-order valence-corrected chi connectivity index (χ3v) is 6.62. The van der Waals surface area contributed by atoms with Gasteiger partial charge in [0.2, 0.25) is 6.23 Å². The van der Waals surface area contributed by atoms with E-state index in [2.05, 4.69) is 42.6 Å². The fourth-order valence-electron chi connectivity index (χ4n) is 4.21. The summed E-state index contributed by atoms with van der Waals surface area (Å²) in [4.78, 5) is 12.4. The minimum atomic E-state index is -0.132. The normalized spacial score (nSPS) is 19.7. The second-order valence-electron chi connectivity index (χ2n) is 8.87. The fraction of sp³-hybridized carbons (Fsp3) is 0.792. The Hall–Kier alpha value is -1.47. The van der Waals surface area contributed by atoms with Gasteiger partial charge in [-0.15, -0.1) is 4.37 Å². The Bertz CT molecular complexity index is 691. The molecule has 7 heteroatoms. The largest absolute Gasteiger partial charge is 0.475 e. The molecule has 0 saturated carbocycles. The Morgan fingerprint density at radius 2 is 1.84 bits per heavy atom. The summed E-state index contributed by atoms with van der Waals surface area (Å²) in [6.45, 7) is 8.91. The third-order valence-electron chi connectivity index (χ3n) is 6.11. The van der Waals surface area contributed by atoms with Gasteiger partial charge in [0.05, 0.1) is 31.9 Å². The second kappa shape index (κ2) is 13.8. The molecule has 31 heavy (non-hydrogen) atoms. The van der Waals surface area contributed by atoms with Crippen LogP contribution in [0.1, 0.15) is 97.1 Å². The maximum atomic E-state index is 12.4. The van der Waals surface area contributed by atoms with E-state index < -0.39 is 0 Å². The van der Waals surface area contributed by atoms with E-state index in [1.165, 1.54) is 43.8 Å². The number of esters is 1. The summed E-state index contributed by atoms with van der Waals surface area (Å²) in [6, 6.07) is 0. The molecule has 0 N–H and O–H groups in total. The van der Waals surface area contributed by atoms with Crippen molar-refractivity contribution in [2.24, 2.45) is 0 Å². The highest BCUT2D eigenvalue weighted by atomic mass is 32.1. The summed E-state index contributed by atoms with van der Waals surface area (Å²) in [5.41, 5.74) is 2.02. The van der Waals surface area contributed by atoms with E-state index in [1.807, 2.05) is 0 Å². The first kappa shape index (κ1) is 25.8. The molecule has 1 aliphatic rings. The van der Waals surface area contributed by atoms with Gasteiger partial charge in [0.15, 0.2) is 0 Å². The van der Waals surface area contributed by atoms with Gasteiger partial charge in [0, 0.05) is 24.8 Å². The summed E-state index contributed by atoms with van der Waals surface area (Å²) in [6.07, 6.45) is 13.4. The van der Waals surface area contributed by atoms with Crippen molar-refractivity contribution in [2.75, 3.05) is 26.7 Å². The average molecular weight is 453 g/mol. The van der Waals surface area contributed by atoms with E-state index in [-0.39, 0.29) is 12.2 Å². The average Bonchev–Trinajstić information content (AvgIpc) is 3.23. The van der Waals surface area contributed by atoms with Gasteiger partial charge in [-0.2, -0.15) is 4.37 Å². The standard InChI is InChI=1S/C24H42N3O3S/c1-5-8-10-12-16-22(28)30-21(7-3)27(4)17-14-15-20(19-27)23-24(26-31-25-23)29-18-13-11-9-6-2/h15,21H,5-14,16-19H2,1-4H3/q+1. The number of rotatable bonds is 15. The highest BCUT2D eigenvalue weighted by Crippen LogP contribution is 2.32. The van der Waals surface area contributed by atoms with Crippen molar-refractivity contribution in [3.05, 3.63) is 11.8 Å². The lowest BCUT2D eigenvalue weighted by atomic mass is 10.0. The summed E-state index contributed by atoms with van der Waals surface area (Å²) in [5, 5.41) is 0. The van der Waals surface area contributed by atoms with E-state index in [0.717, 1.165) is 56.5 Å². The number of unbranched alkanes of at least 4 members (excludes halogenated alkanes) is 6. The molecule has 0 spiro atoms. The zero-order valence-corrected chi connectivity index (χ0v) is 20.8. The van der Waals surface area contributed by atoms with Crippen LogP contribution in [0, 0.1) is 0 Å². The summed E-state index contributed by atoms with van der Waals surface area (Å²) < 4.78 is 21.6. The summed E-state index contributed by atoms with van der Waals surface area (Å²) in [5.74, 6) is 0.590. The Morgan fingerprint density at radius 3 is 2.55 bits per heavy atom. The smallest absolute Gasteiger partial charge is 0.310 e. The third kappa shape index (κ3) is 8.19. The molecule has 0 saturated heterocycles. The number of carbonyl (C=O) groups excluding carboxylic acids is 1. The van der Waals surface area contributed by atoms with Crippen LogP contribution >= 0.6 is 11.7 Å². The lowest BCUT2D eigenvalue weighted by Crippen LogP contribution is -2.56. The van der Waals surface area contributed by atoms with Gasteiger partial charge in [-0.25, -0.2) is 0 Å². The van der Waals surface area contributed by atoms with Crippen molar-refractivity contribution < 1.29 is 18.8 Å². The molecule has 0 amide bonds. The van der Waals surface area contributed by atoms with Crippen LogP contribution in [0.2, 0.25) is 0 Å². The molecule has 1 aromatic heterocycles. The molecule has 2 heterocycles. The zero-order valence-electron chi connectivity index (χ0n) is 20.0. The molecule has 0 bridgehead atoms. The monoisotopic (exact) mass is 452 g/mol. The number of hydrogen-bond donors (Lipinski definition) is 0. The number of hydrogen-bond acceptors (Lipinski definition) is 6. The van der Waals surface area contributed by atoms with Crippen LogP contribution in [0.25, 0.3) is 5.57 Å². The van der Waals surface area contributed by atoms with Gasteiger partial charge in [-0.05, 0) is 12.8 Å². The van der Waals surface area contributed by atoms with Crippen molar-refractivity contribution in [1.29, 1.82) is 0 Å².